The van der Waals surface area contributed by atoms with Crippen molar-refractivity contribution >= 4 is 23.3 Å². The summed E-state index contributed by atoms with van der Waals surface area (Å²) in [6, 6.07) is 7.61. The number of carbonyl (C=O) groups excluding carboxylic acids is 2. The molecule has 9 nitrogen and oxygen atoms in total. The summed E-state index contributed by atoms with van der Waals surface area (Å²) in [6.45, 7) is 8.15. The minimum atomic E-state index is -0.487. The molecule has 0 N–H and O–H groups in total. The van der Waals surface area contributed by atoms with Crippen LogP contribution in [0.15, 0.2) is 55.2 Å². The first-order valence-electron chi connectivity index (χ1n) is 13.3. The van der Waals surface area contributed by atoms with Gasteiger partial charge in [0.2, 0.25) is 5.91 Å². The number of carbonyl (C=O) groups is 2. The molecule has 3 heterocycles. The molecule has 1 fully saturated rings. The highest BCUT2D eigenvalue weighted by Gasteiger charge is 2.34. The topological polar surface area (TPSA) is 94.6 Å². The third-order valence-corrected chi connectivity index (χ3v) is 7.23. The van der Waals surface area contributed by atoms with Crippen LogP contribution in [0.2, 0.25) is 0 Å². The lowest BCUT2D eigenvalue weighted by Gasteiger charge is -2.32. The van der Waals surface area contributed by atoms with Gasteiger partial charge in [-0.05, 0) is 64.5 Å². The largest absolute Gasteiger partial charge is 0.462 e. The third kappa shape index (κ3) is 5.05. The molecule has 1 saturated carbocycles. The Kier molecular flexibility index (Phi) is 7.26. The predicted molar refractivity (Wildman–Crippen MR) is 145 cm³/mol. The highest BCUT2D eigenvalue weighted by molar-refractivity contribution is 6.02. The van der Waals surface area contributed by atoms with Gasteiger partial charge in [0.1, 0.15) is 5.56 Å². The van der Waals surface area contributed by atoms with Gasteiger partial charge < -0.3 is 9.14 Å². The van der Waals surface area contributed by atoms with E-state index in [0.717, 1.165) is 48.3 Å². The van der Waals surface area contributed by atoms with E-state index in [1.807, 2.05) is 54.9 Å². The number of amides is 1. The Bertz CT molecular complexity index is 1400. The molecule has 1 aliphatic rings. The molecule has 0 saturated heterocycles. The fourth-order valence-corrected chi connectivity index (χ4v) is 5.10. The van der Waals surface area contributed by atoms with Crippen molar-refractivity contribution in [3.63, 3.8) is 0 Å². The number of hydrogen-bond acceptors (Lipinski definition) is 6. The van der Waals surface area contributed by atoms with Gasteiger partial charge in [-0.15, -0.1) is 5.10 Å². The molecule has 0 spiro atoms. The third-order valence-electron chi connectivity index (χ3n) is 7.23. The van der Waals surface area contributed by atoms with Crippen molar-refractivity contribution < 1.29 is 14.3 Å². The summed E-state index contributed by atoms with van der Waals surface area (Å²) in [5.41, 5.74) is 3.60. The fourth-order valence-electron chi connectivity index (χ4n) is 5.10. The lowest BCUT2D eigenvalue weighted by molar-refractivity contribution is -0.124. The monoisotopic (exact) mass is 514 g/mol. The zero-order chi connectivity index (χ0) is 26.8. The van der Waals surface area contributed by atoms with E-state index in [-0.39, 0.29) is 30.0 Å². The van der Waals surface area contributed by atoms with E-state index >= 15 is 0 Å². The molecule has 0 bridgehead atoms. The zero-order valence-electron chi connectivity index (χ0n) is 22.4. The van der Waals surface area contributed by atoms with Crippen LogP contribution in [0.3, 0.4) is 0 Å². The summed E-state index contributed by atoms with van der Waals surface area (Å²) in [6.07, 6.45) is 12.7. The second kappa shape index (κ2) is 10.8. The summed E-state index contributed by atoms with van der Waals surface area (Å²) in [4.78, 5) is 37.1. The summed E-state index contributed by atoms with van der Waals surface area (Å²) < 4.78 is 8.91. The van der Waals surface area contributed by atoms with Crippen LogP contribution >= 0.6 is 0 Å². The van der Waals surface area contributed by atoms with Crippen LogP contribution < -0.4 is 4.90 Å². The fraction of sp³-hybridized carbons (Fsp3) is 0.414. The maximum atomic E-state index is 13.7. The van der Waals surface area contributed by atoms with E-state index in [1.54, 1.807) is 35.1 Å². The lowest BCUT2D eigenvalue weighted by atomic mass is 9.82. The number of aromatic nitrogens is 5. The van der Waals surface area contributed by atoms with Crippen molar-refractivity contribution in [1.29, 1.82) is 0 Å². The standard InChI is InChI=1S/C29H34N6O3/c1-5-38-29(37)24-17-34(32-27(24)35(19(2)3)28(36)22-8-6-20(4)7-9-22)23-12-10-21(11-13-23)25-18-33-15-14-30-16-26(33)31-25/h10-20,22H,5-9H2,1-4H3. The first-order valence-corrected chi connectivity index (χ1v) is 13.3. The quantitative estimate of drug-likeness (QED) is 0.310. The van der Waals surface area contributed by atoms with Crippen LogP contribution in [0, 0.1) is 11.8 Å². The van der Waals surface area contributed by atoms with Gasteiger partial charge in [0.25, 0.3) is 0 Å². The van der Waals surface area contributed by atoms with Crippen molar-refractivity contribution in [2.24, 2.45) is 11.8 Å². The van der Waals surface area contributed by atoms with Crippen LogP contribution in [0.4, 0.5) is 5.82 Å². The van der Waals surface area contributed by atoms with Gasteiger partial charge in [0.15, 0.2) is 11.5 Å². The van der Waals surface area contributed by atoms with Crippen LogP contribution in [-0.4, -0.2) is 48.7 Å². The van der Waals surface area contributed by atoms with E-state index in [4.69, 9.17) is 9.84 Å². The predicted octanol–water partition coefficient (Wildman–Crippen LogP) is 5.33. The second-order valence-corrected chi connectivity index (χ2v) is 10.3. The molecular weight excluding hydrogens is 480 g/mol. The molecule has 9 heteroatoms. The Morgan fingerprint density at radius 3 is 2.50 bits per heavy atom. The first-order chi connectivity index (χ1) is 18.4. The van der Waals surface area contributed by atoms with E-state index in [2.05, 4.69) is 16.9 Å². The minimum absolute atomic E-state index is 0.0272. The molecule has 0 aliphatic heterocycles. The number of rotatable bonds is 7. The molecule has 1 aliphatic carbocycles. The zero-order valence-corrected chi connectivity index (χ0v) is 22.4. The SMILES string of the molecule is CCOC(=O)c1cn(-c2ccc(-c3cn4ccncc4n3)cc2)nc1N(C(=O)C1CCC(C)CC1)C(C)C. The van der Waals surface area contributed by atoms with Crippen molar-refractivity contribution in [1.82, 2.24) is 24.1 Å². The van der Waals surface area contributed by atoms with E-state index in [9.17, 15) is 9.59 Å². The maximum absolute atomic E-state index is 13.7. The Hall–Kier alpha value is -4.01. The van der Waals surface area contributed by atoms with Gasteiger partial charge in [0, 0.05) is 42.3 Å². The molecule has 5 rings (SSSR count). The number of ether oxygens (including phenoxy) is 1. The normalized spacial score (nSPS) is 17.6. The molecule has 0 radical (unpaired) electrons. The molecule has 38 heavy (non-hydrogen) atoms. The molecule has 0 atom stereocenters. The molecule has 198 valence electrons. The molecule has 4 aromatic rings. The first kappa shape index (κ1) is 25.6. The minimum Gasteiger partial charge on any atom is -0.462 e. The van der Waals surface area contributed by atoms with Crippen LogP contribution in [0.25, 0.3) is 22.6 Å². The second-order valence-electron chi connectivity index (χ2n) is 10.3. The van der Waals surface area contributed by atoms with Crippen LogP contribution in [0.5, 0.6) is 0 Å². The number of anilines is 1. The summed E-state index contributed by atoms with van der Waals surface area (Å²) in [7, 11) is 0. The average Bonchev–Trinajstić information content (AvgIpc) is 3.54. The Labute approximate surface area is 222 Å². The van der Waals surface area contributed by atoms with Gasteiger partial charge in [-0.1, -0.05) is 19.1 Å². The number of fused-ring (bicyclic) bond motifs is 1. The van der Waals surface area contributed by atoms with Crippen LogP contribution in [0.1, 0.15) is 63.7 Å². The van der Waals surface area contributed by atoms with Crippen molar-refractivity contribution in [2.45, 2.75) is 59.4 Å². The van der Waals surface area contributed by atoms with E-state index in [1.165, 1.54) is 0 Å². The molecule has 1 amide bonds. The number of esters is 1. The van der Waals surface area contributed by atoms with Crippen molar-refractivity contribution in [2.75, 3.05) is 11.5 Å². The van der Waals surface area contributed by atoms with E-state index in [0.29, 0.717) is 11.7 Å². The van der Waals surface area contributed by atoms with Gasteiger partial charge >= 0.3 is 5.97 Å². The number of nitrogens with zero attached hydrogens (tertiary/aromatic N) is 6. The maximum Gasteiger partial charge on any atom is 0.343 e. The van der Waals surface area contributed by atoms with Crippen molar-refractivity contribution in [3.8, 4) is 16.9 Å². The molecule has 1 aromatic carbocycles. The van der Waals surface area contributed by atoms with Gasteiger partial charge in [0.05, 0.1) is 24.2 Å². The molecular formula is C29H34N6O3. The number of benzene rings is 1. The van der Waals surface area contributed by atoms with E-state index < -0.39 is 5.97 Å². The highest BCUT2D eigenvalue weighted by atomic mass is 16.5. The summed E-state index contributed by atoms with van der Waals surface area (Å²) in [5, 5.41) is 4.77. The van der Waals surface area contributed by atoms with Gasteiger partial charge in [-0.25, -0.2) is 14.5 Å². The van der Waals surface area contributed by atoms with Gasteiger partial charge in [-0.2, -0.15) is 0 Å². The highest BCUT2D eigenvalue weighted by Crippen LogP contribution is 2.33. The average molecular weight is 515 g/mol. The molecule has 0 unspecified atom stereocenters. The van der Waals surface area contributed by atoms with Crippen LogP contribution in [-0.2, 0) is 9.53 Å². The van der Waals surface area contributed by atoms with Crippen molar-refractivity contribution in [3.05, 3.63) is 60.8 Å². The van der Waals surface area contributed by atoms with Gasteiger partial charge in [-0.3, -0.25) is 14.7 Å². The smallest absolute Gasteiger partial charge is 0.343 e. The number of imidazole rings is 1. The Balaban J connectivity index is 1.48. The summed E-state index contributed by atoms with van der Waals surface area (Å²) >= 11 is 0. The Morgan fingerprint density at radius 1 is 1.11 bits per heavy atom. The number of hydrogen-bond donors (Lipinski definition) is 0. The summed E-state index contributed by atoms with van der Waals surface area (Å²) in [5.74, 6) is 0.465. The molecule has 3 aromatic heterocycles. The lowest BCUT2D eigenvalue weighted by Crippen LogP contribution is -2.43. The Morgan fingerprint density at radius 2 is 1.84 bits per heavy atom.